The number of rotatable bonds is 3. The van der Waals surface area contributed by atoms with Crippen LogP contribution in [0.5, 0.6) is 0 Å². The molecule has 0 fully saturated rings. The third kappa shape index (κ3) is 3.53. The standard InChI is InChI=1S/C14H11BrClF2N/c15-10-7-9(2-3-11(10)16)14(19)6-8-1-4-12(17)13(18)5-8/h1-5,7,14H,6,19H2. The van der Waals surface area contributed by atoms with Crippen LogP contribution in [0.3, 0.4) is 0 Å². The predicted molar refractivity (Wildman–Crippen MR) is 76.1 cm³/mol. The van der Waals surface area contributed by atoms with E-state index >= 15 is 0 Å². The van der Waals surface area contributed by atoms with Crippen LogP contribution in [0, 0.1) is 11.6 Å². The molecule has 0 spiro atoms. The molecule has 0 aliphatic heterocycles. The molecule has 2 aromatic rings. The molecule has 1 nitrogen and oxygen atoms in total. The zero-order valence-corrected chi connectivity index (χ0v) is 12.2. The van der Waals surface area contributed by atoms with Gasteiger partial charge in [-0.2, -0.15) is 0 Å². The van der Waals surface area contributed by atoms with Gasteiger partial charge < -0.3 is 5.73 Å². The van der Waals surface area contributed by atoms with Gasteiger partial charge in [-0.25, -0.2) is 8.78 Å². The van der Waals surface area contributed by atoms with Crippen LogP contribution in [0.4, 0.5) is 8.78 Å². The maximum atomic E-state index is 13.1. The van der Waals surface area contributed by atoms with E-state index in [0.29, 0.717) is 17.0 Å². The summed E-state index contributed by atoms with van der Waals surface area (Å²) in [7, 11) is 0. The largest absolute Gasteiger partial charge is 0.324 e. The van der Waals surface area contributed by atoms with Gasteiger partial charge in [-0.05, 0) is 57.7 Å². The van der Waals surface area contributed by atoms with E-state index in [1.165, 1.54) is 12.1 Å². The highest BCUT2D eigenvalue weighted by atomic mass is 79.9. The van der Waals surface area contributed by atoms with Gasteiger partial charge in [0.25, 0.3) is 0 Å². The molecule has 19 heavy (non-hydrogen) atoms. The third-order valence-corrected chi connectivity index (χ3v) is 4.03. The van der Waals surface area contributed by atoms with Crippen LogP contribution in [0.15, 0.2) is 40.9 Å². The van der Waals surface area contributed by atoms with Crippen molar-refractivity contribution in [2.24, 2.45) is 5.73 Å². The monoisotopic (exact) mass is 345 g/mol. The molecule has 1 unspecified atom stereocenters. The highest BCUT2D eigenvalue weighted by Crippen LogP contribution is 2.26. The smallest absolute Gasteiger partial charge is 0.159 e. The Morgan fingerprint density at radius 2 is 1.84 bits per heavy atom. The van der Waals surface area contributed by atoms with Gasteiger partial charge in [-0.1, -0.05) is 23.7 Å². The maximum absolute atomic E-state index is 13.1. The molecule has 1 atom stereocenters. The van der Waals surface area contributed by atoms with Crippen molar-refractivity contribution >= 4 is 27.5 Å². The van der Waals surface area contributed by atoms with Crippen molar-refractivity contribution in [3.8, 4) is 0 Å². The molecule has 0 aliphatic carbocycles. The number of halogens is 4. The van der Waals surface area contributed by atoms with Gasteiger partial charge in [-0.3, -0.25) is 0 Å². The van der Waals surface area contributed by atoms with E-state index < -0.39 is 11.6 Å². The Balaban J connectivity index is 2.17. The van der Waals surface area contributed by atoms with Gasteiger partial charge in [0.05, 0.1) is 5.02 Å². The molecular formula is C14H11BrClF2N. The molecule has 0 heterocycles. The zero-order valence-electron chi connectivity index (χ0n) is 9.84. The van der Waals surface area contributed by atoms with Crippen LogP contribution in [-0.4, -0.2) is 0 Å². The molecule has 0 radical (unpaired) electrons. The lowest BCUT2D eigenvalue weighted by Gasteiger charge is -2.13. The third-order valence-electron chi connectivity index (χ3n) is 2.81. The summed E-state index contributed by atoms with van der Waals surface area (Å²) in [5.41, 5.74) is 7.58. The van der Waals surface area contributed by atoms with Crippen molar-refractivity contribution in [2.75, 3.05) is 0 Å². The average Bonchev–Trinajstić information content (AvgIpc) is 2.37. The highest BCUT2D eigenvalue weighted by Gasteiger charge is 2.10. The number of nitrogens with two attached hydrogens (primary N) is 1. The molecule has 2 N–H and O–H groups in total. The molecule has 5 heteroatoms. The summed E-state index contributed by atoms with van der Waals surface area (Å²) in [5.74, 6) is -1.71. The average molecular weight is 347 g/mol. The highest BCUT2D eigenvalue weighted by molar-refractivity contribution is 9.10. The summed E-state index contributed by atoms with van der Waals surface area (Å²) in [6, 6.07) is 8.88. The van der Waals surface area contributed by atoms with E-state index in [2.05, 4.69) is 15.9 Å². The lowest BCUT2D eigenvalue weighted by atomic mass is 10.00. The molecule has 0 amide bonds. The first-order chi connectivity index (χ1) is 8.97. The summed E-state index contributed by atoms with van der Waals surface area (Å²) < 4.78 is 26.7. The molecule has 0 saturated heterocycles. The Bertz CT molecular complexity index is 604. The van der Waals surface area contributed by atoms with E-state index in [-0.39, 0.29) is 6.04 Å². The minimum absolute atomic E-state index is 0.307. The van der Waals surface area contributed by atoms with Gasteiger partial charge in [0, 0.05) is 10.5 Å². The van der Waals surface area contributed by atoms with E-state index in [1.54, 1.807) is 6.07 Å². The van der Waals surface area contributed by atoms with E-state index in [4.69, 9.17) is 17.3 Å². The van der Waals surface area contributed by atoms with Crippen LogP contribution >= 0.6 is 27.5 Å². The second-order valence-electron chi connectivity index (χ2n) is 4.23. The van der Waals surface area contributed by atoms with Crippen LogP contribution in [0.25, 0.3) is 0 Å². The summed E-state index contributed by atoms with van der Waals surface area (Å²) in [4.78, 5) is 0. The Morgan fingerprint density at radius 1 is 1.11 bits per heavy atom. The first-order valence-electron chi connectivity index (χ1n) is 5.62. The second-order valence-corrected chi connectivity index (χ2v) is 5.49. The fourth-order valence-electron chi connectivity index (χ4n) is 1.78. The molecule has 2 aromatic carbocycles. The Kier molecular flexibility index (Phi) is 4.55. The fraction of sp³-hybridized carbons (Fsp3) is 0.143. The number of hydrogen-bond donors (Lipinski definition) is 1. The number of hydrogen-bond acceptors (Lipinski definition) is 1. The van der Waals surface area contributed by atoms with Gasteiger partial charge in [0.1, 0.15) is 0 Å². The second kappa shape index (κ2) is 5.99. The summed E-state index contributed by atoms with van der Waals surface area (Å²) in [6.45, 7) is 0. The summed E-state index contributed by atoms with van der Waals surface area (Å²) >= 11 is 9.23. The van der Waals surface area contributed by atoms with Crippen molar-refractivity contribution < 1.29 is 8.78 Å². The van der Waals surface area contributed by atoms with Gasteiger partial charge >= 0.3 is 0 Å². The molecule has 2 rings (SSSR count). The molecule has 0 saturated carbocycles. The number of benzene rings is 2. The summed E-state index contributed by atoms with van der Waals surface area (Å²) in [5, 5.41) is 0.601. The van der Waals surface area contributed by atoms with Gasteiger partial charge in [0.15, 0.2) is 11.6 Å². The lowest BCUT2D eigenvalue weighted by Crippen LogP contribution is -2.13. The van der Waals surface area contributed by atoms with Crippen molar-refractivity contribution in [3.05, 3.63) is 68.7 Å². The maximum Gasteiger partial charge on any atom is 0.159 e. The minimum atomic E-state index is -0.859. The zero-order chi connectivity index (χ0) is 14.0. The first-order valence-corrected chi connectivity index (χ1v) is 6.79. The van der Waals surface area contributed by atoms with Gasteiger partial charge in [-0.15, -0.1) is 0 Å². The molecule has 0 aliphatic rings. The Labute approximate surface area is 123 Å². The topological polar surface area (TPSA) is 26.0 Å². The van der Waals surface area contributed by atoms with Crippen LogP contribution in [0.1, 0.15) is 17.2 Å². The minimum Gasteiger partial charge on any atom is -0.324 e. The molecule has 0 aromatic heterocycles. The van der Waals surface area contributed by atoms with E-state index in [1.807, 2.05) is 12.1 Å². The van der Waals surface area contributed by atoms with Crippen molar-refractivity contribution in [1.29, 1.82) is 0 Å². The molecular weight excluding hydrogens is 336 g/mol. The Morgan fingerprint density at radius 3 is 2.47 bits per heavy atom. The molecule has 0 bridgehead atoms. The first kappa shape index (κ1) is 14.4. The lowest BCUT2D eigenvalue weighted by molar-refractivity contribution is 0.506. The predicted octanol–water partition coefficient (Wildman–Crippen LogP) is 4.62. The Hall–Kier alpha value is -0.970. The van der Waals surface area contributed by atoms with Crippen molar-refractivity contribution in [3.63, 3.8) is 0 Å². The van der Waals surface area contributed by atoms with Gasteiger partial charge in [0.2, 0.25) is 0 Å². The normalized spacial score (nSPS) is 12.5. The van der Waals surface area contributed by atoms with Crippen molar-refractivity contribution in [2.45, 2.75) is 12.5 Å². The SMILES string of the molecule is NC(Cc1ccc(F)c(F)c1)c1ccc(Cl)c(Br)c1. The van der Waals surface area contributed by atoms with Crippen molar-refractivity contribution in [1.82, 2.24) is 0 Å². The van der Waals surface area contributed by atoms with E-state index in [9.17, 15) is 8.78 Å². The van der Waals surface area contributed by atoms with Crippen LogP contribution in [-0.2, 0) is 6.42 Å². The van der Waals surface area contributed by atoms with Crippen LogP contribution in [0.2, 0.25) is 5.02 Å². The quantitative estimate of drug-likeness (QED) is 0.862. The van der Waals surface area contributed by atoms with E-state index in [0.717, 1.165) is 16.1 Å². The van der Waals surface area contributed by atoms with Crippen LogP contribution < -0.4 is 5.73 Å². The fourth-order valence-corrected chi connectivity index (χ4v) is 2.30. The summed E-state index contributed by atoms with van der Waals surface area (Å²) in [6.07, 6.45) is 0.422. The molecule has 100 valence electrons.